The number of rotatable bonds is 12. The standard InChI is InChI=1S/C30H36.C30H30.C27H27N3.C27H30O3/c2*1-19-10-7-11-20(2)28(19)25-16-26(29-21(3)12-8-13-22(29)4)18-27(17-25)30-23(5)14-9-15-24(30)6;2*1-16-10-7-11-17(2)22(16)25-28-26(23-18(3)12-8-13-19(23)4)30-27(29-25)24-20(5)14-9-15-21(24)6/h7-15,25-27H,16-18H2,1-6H3;7-18H,1-6H3;7-15H,1-6H3;7-15,25-27H,1-6H3. The molecule has 2 heterocycles. The van der Waals surface area contributed by atoms with Gasteiger partial charge in [-0.3, -0.25) is 0 Å². The van der Waals surface area contributed by atoms with Crippen LogP contribution in [-0.4, -0.2) is 15.0 Å². The summed E-state index contributed by atoms with van der Waals surface area (Å²) in [5.41, 5.74) is 49.8. The molecule has 14 aromatic rings. The highest BCUT2D eigenvalue weighted by molar-refractivity contribution is 5.86. The molecule has 1 aromatic heterocycles. The van der Waals surface area contributed by atoms with Crippen molar-refractivity contribution in [2.75, 3.05) is 0 Å². The lowest BCUT2D eigenvalue weighted by atomic mass is 9.65. The van der Waals surface area contributed by atoms with Gasteiger partial charge in [0.25, 0.3) is 0 Å². The first-order valence-electron chi connectivity index (χ1n) is 43.1. The van der Waals surface area contributed by atoms with E-state index in [4.69, 9.17) is 29.2 Å². The van der Waals surface area contributed by atoms with Crippen LogP contribution in [0, 0.1) is 166 Å². The molecule has 1 saturated carbocycles. The molecule has 13 aromatic carbocycles. The quantitative estimate of drug-likeness (QED) is 0.121. The fourth-order valence-corrected chi connectivity index (χ4v) is 20.0. The van der Waals surface area contributed by atoms with E-state index in [1.807, 2.05) is 0 Å². The maximum atomic E-state index is 6.47. The third-order valence-electron chi connectivity index (χ3n) is 25.6. The van der Waals surface area contributed by atoms with E-state index >= 15 is 0 Å². The van der Waals surface area contributed by atoms with E-state index in [1.165, 1.54) is 153 Å². The molecule has 0 radical (unpaired) electrons. The van der Waals surface area contributed by atoms with Crippen LogP contribution in [0.2, 0.25) is 0 Å². The molecule has 6 heteroatoms. The summed E-state index contributed by atoms with van der Waals surface area (Å²) in [6.07, 6.45) is 2.27. The number of nitrogens with zero attached hydrogens (tertiary/aromatic N) is 3. The Morgan fingerprint density at radius 2 is 0.308 bits per heavy atom. The van der Waals surface area contributed by atoms with Gasteiger partial charge in [-0.1, -0.05) is 218 Å². The number of ether oxygens (including phenoxy) is 3. The molecule has 0 atom stereocenters. The van der Waals surface area contributed by atoms with E-state index in [0.29, 0.717) is 17.8 Å². The molecule has 0 spiro atoms. The molecule has 1 saturated heterocycles. The maximum Gasteiger partial charge on any atom is 0.191 e. The van der Waals surface area contributed by atoms with E-state index in [2.05, 4.69) is 403 Å². The zero-order valence-corrected chi connectivity index (χ0v) is 75.7. The normalized spacial score (nSPS) is 16.3. The molecule has 2 fully saturated rings. The first kappa shape index (κ1) is 86.6. The Labute approximate surface area is 717 Å². The summed E-state index contributed by atoms with van der Waals surface area (Å²) in [6, 6.07) is 85.1. The van der Waals surface area contributed by atoms with Gasteiger partial charge in [-0.25, -0.2) is 15.0 Å². The molecule has 0 bridgehead atoms. The van der Waals surface area contributed by atoms with E-state index < -0.39 is 18.9 Å². The molecule has 16 rings (SSSR count). The molecule has 1 aliphatic heterocycles. The van der Waals surface area contributed by atoms with Crippen LogP contribution in [-0.2, 0) is 14.2 Å². The Hall–Kier alpha value is -11.3. The van der Waals surface area contributed by atoms with Gasteiger partial charge in [-0.15, -0.1) is 0 Å². The van der Waals surface area contributed by atoms with Crippen LogP contribution in [0.4, 0.5) is 0 Å². The van der Waals surface area contributed by atoms with Crippen molar-refractivity contribution >= 4 is 0 Å². The third kappa shape index (κ3) is 18.7. The summed E-state index contributed by atoms with van der Waals surface area (Å²) >= 11 is 0. The minimum Gasteiger partial charge on any atom is -0.315 e. The summed E-state index contributed by atoms with van der Waals surface area (Å²) in [5, 5.41) is 0. The van der Waals surface area contributed by atoms with Crippen molar-refractivity contribution in [1.82, 2.24) is 15.0 Å². The third-order valence-corrected chi connectivity index (χ3v) is 25.6. The molecule has 0 N–H and O–H groups in total. The average molecular weight is 1580 g/mol. The second-order valence-corrected chi connectivity index (χ2v) is 34.7. The van der Waals surface area contributed by atoms with Crippen molar-refractivity contribution in [3.05, 3.63) is 403 Å². The Kier molecular flexibility index (Phi) is 27.1. The second-order valence-electron chi connectivity index (χ2n) is 34.7. The van der Waals surface area contributed by atoms with Crippen LogP contribution < -0.4 is 0 Å². The van der Waals surface area contributed by atoms with Crippen molar-refractivity contribution in [3.8, 4) is 67.5 Å². The van der Waals surface area contributed by atoms with E-state index in [-0.39, 0.29) is 0 Å². The summed E-state index contributed by atoms with van der Waals surface area (Å²) in [7, 11) is 0. The van der Waals surface area contributed by atoms with Crippen molar-refractivity contribution in [2.24, 2.45) is 0 Å². The van der Waals surface area contributed by atoms with Gasteiger partial charge in [0.2, 0.25) is 0 Å². The SMILES string of the molecule is Cc1cccc(C)c1-c1cc(-c2c(C)cccc2C)cc(-c2c(C)cccc2C)c1.Cc1cccc(C)c1-c1nc(-c2c(C)cccc2C)nc(-c2c(C)cccc2C)n1.Cc1cccc(C)c1C1CC(c2c(C)cccc2C)CC(c2c(C)cccc2C)C1.Cc1cccc(C)c1C1OC(c2c(C)cccc2C)OC(c2c(C)cccc2C)O1. The maximum absolute atomic E-state index is 6.47. The van der Waals surface area contributed by atoms with Crippen molar-refractivity contribution in [1.29, 1.82) is 0 Å². The zero-order chi connectivity index (χ0) is 85.7. The van der Waals surface area contributed by atoms with Gasteiger partial charge in [-0.2, -0.15) is 0 Å². The van der Waals surface area contributed by atoms with E-state index in [1.54, 1.807) is 16.7 Å². The highest BCUT2D eigenvalue weighted by atomic mass is 16.9. The van der Waals surface area contributed by atoms with Crippen LogP contribution in [0.3, 0.4) is 0 Å². The summed E-state index contributed by atoms with van der Waals surface area (Å²) in [6.45, 7) is 52.4. The van der Waals surface area contributed by atoms with E-state index in [9.17, 15) is 0 Å². The highest BCUT2D eigenvalue weighted by Gasteiger charge is 2.39. The Morgan fingerprint density at radius 1 is 0.175 bits per heavy atom. The summed E-state index contributed by atoms with van der Waals surface area (Å²) in [5.74, 6) is 4.05. The van der Waals surface area contributed by atoms with Crippen molar-refractivity contribution in [2.45, 2.75) is 222 Å². The molecule has 2 aliphatic rings. The zero-order valence-electron chi connectivity index (χ0n) is 75.7. The van der Waals surface area contributed by atoms with Crippen molar-refractivity contribution in [3.63, 3.8) is 0 Å². The summed E-state index contributed by atoms with van der Waals surface area (Å²) < 4.78 is 19.4. The average Bonchev–Trinajstić information content (AvgIpc) is 0.784. The molecular weight excluding hydrogens is 1460 g/mol. The molecule has 1 aliphatic carbocycles. The molecule has 120 heavy (non-hydrogen) atoms. The first-order valence-corrected chi connectivity index (χ1v) is 43.1. The van der Waals surface area contributed by atoms with E-state index in [0.717, 1.165) is 84.2 Å². The minimum absolute atomic E-state index is 0.507. The van der Waals surface area contributed by atoms with Gasteiger partial charge >= 0.3 is 0 Å². The van der Waals surface area contributed by atoms with Crippen LogP contribution in [0.15, 0.2) is 237 Å². The number of aromatic nitrogens is 3. The number of hydrogen-bond donors (Lipinski definition) is 0. The predicted molar refractivity (Wildman–Crippen MR) is 505 cm³/mol. The number of aryl methyl sites for hydroxylation is 24. The fraction of sp³-hybridized carbons (Fsp3) is 0.289. The highest BCUT2D eigenvalue weighted by Crippen LogP contribution is 2.52. The van der Waals surface area contributed by atoms with Crippen LogP contribution >= 0.6 is 0 Å². The lowest BCUT2D eigenvalue weighted by molar-refractivity contribution is -0.397. The van der Waals surface area contributed by atoms with Gasteiger partial charge < -0.3 is 14.2 Å². The monoisotopic (exact) mass is 1580 g/mol. The van der Waals surface area contributed by atoms with Gasteiger partial charge in [0, 0.05) is 33.4 Å². The molecule has 0 unspecified atom stereocenters. The second kappa shape index (κ2) is 37.6. The first-order chi connectivity index (χ1) is 57.5. The summed E-state index contributed by atoms with van der Waals surface area (Å²) in [4.78, 5) is 14.9. The predicted octanol–water partition coefficient (Wildman–Crippen LogP) is 30.6. The lowest BCUT2D eigenvalue weighted by Gasteiger charge is -2.39. The Morgan fingerprint density at radius 3 is 0.467 bits per heavy atom. The Balaban J connectivity index is 0.000000138. The molecular formula is C114H123N3O3. The Bertz CT molecular complexity index is 4880. The largest absolute Gasteiger partial charge is 0.315 e. The van der Waals surface area contributed by atoms with Crippen LogP contribution in [0.1, 0.15) is 223 Å². The molecule has 6 nitrogen and oxygen atoms in total. The molecule has 0 amide bonds. The molecule has 612 valence electrons. The topological polar surface area (TPSA) is 66.4 Å². The number of hydrogen-bond acceptors (Lipinski definition) is 6. The van der Waals surface area contributed by atoms with Gasteiger partial charge in [0.15, 0.2) is 36.3 Å². The van der Waals surface area contributed by atoms with Gasteiger partial charge in [0.05, 0.1) is 0 Å². The van der Waals surface area contributed by atoms with Crippen LogP contribution in [0.25, 0.3) is 67.5 Å². The smallest absolute Gasteiger partial charge is 0.191 e. The van der Waals surface area contributed by atoms with Crippen molar-refractivity contribution < 1.29 is 14.2 Å². The van der Waals surface area contributed by atoms with Gasteiger partial charge in [-0.05, 0) is 405 Å². The van der Waals surface area contributed by atoms with Crippen LogP contribution in [0.5, 0.6) is 0 Å². The minimum atomic E-state index is -0.507. The number of benzene rings is 13. The fourth-order valence-electron chi connectivity index (χ4n) is 20.0. The lowest BCUT2D eigenvalue weighted by Crippen LogP contribution is -2.29. The van der Waals surface area contributed by atoms with Gasteiger partial charge in [0.1, 0.15) is 0 Å².